The Morgan fingerprint density at radius 2 is 1.85 bits per heavy atom. The van der Waals surface area contributed by atoms with Gasteiger partial charge in [0.15, 0.2) is 11.4 Å². The molecule has 0 fully saturated rings. The van der Waals surface area contributed by atoms with Crippen molar-refractivity contribution in [2.75, 3.05) is 0 Å². The highest BCUT2D eigenvalue weighted by molar-refractivity contribution is 5.94. The van der Waals surface area contributed by atoms with E-state index in [1.807, 2.05) is 18.2 Å². The number of nitrogens with zero attached hydrogens (tertiary/aromatic N) is 2. The van der Waals surface area contributed by atoms with Crippen molar-refractivity contribution in [2.24, 2.45) is 0 Å². The third-order valence-corrected chi connectivity index (χ3v) is 3.53. The SMILES string of the molecule is O=C(NCc1ccc(OC(F)F)cc1)c1nn(-c2ccccc2)cc1O. The Hall–Kier alpha value is -3.42. The zero-order valence-corrected chi connectivity index (χ0v) is 13.5. The molecule has 1 aromatic heterocycles. The van der Waals surface area contributed by atoms with Gasteiger partial charge in [0, 0.05) is 6.54 Å². The summed E-state index contributed by atoms with van der Waals surface area (Å²) in [5.74, 6) is -0.758. The molecule has 3 aromatic rings. The Balaban J connectivity index is 1.64. The number of carbonyl (C=O) groups is 1. The van der Waals surface area contributed by atoms with E-state index in [0.717, 1.165) is 0 Å². The van der Waals surface area contributed by atoms with E-state index >= 15 is 0 Å². The number of nitrogens with one attached hydrogen (secondary N) is 1. The predicted molar refractivity (Wildman–Crippen MR) is 89.5 cm³/mol. The Morgan fingerprint density at radius 3 is 2.50 bits per heavy atom. The van der Waals surface area contributed by atoms with Gasteiger partial charge in [-0.25, -0.2) is 4.68 Å². The summed E-state index contributed by atoms with van der Waals surface area (Å²) in [5, 5.41) is 16.7. The van der Waals surface area contributed by atoms with Crippen LogP contribution in [-0.4, -0.2) is 27.4 Å². The highest BCUT2D eigenvalue weighted by atomic mass is 19.3. The summed E-state index contributed by atoms with van der Waals surface area (Å²) in [6, 6.07) is 14.9. The van der Waals surface area contributed by atoms with Gasteiger partial charge < -0.3 is 15.2 Å². The number of hydrogen-bond donors (Lipinski definition) is 2. The highest BCUT2D eigenvalue weighted by Gasteiger charge is 2.16. The van der Waals surface area contributed by atoms with Crippen molar-refractivity contribution < 1.29 is 23.4 Å². The Kier molecular flexibility index (Phi) is 5.12. The number of halogens is 2. The maximum Gasteiger partial charge on any atom is 0.387 e. The fourth-order valence-corrected chi connectivity index (χ4v) is 2.29. The van der Waals surface area contributed by atoms with Gasteiger partial charge in [-0.3, -0.25) is 4.79 Å². The molecule has 134 valence electrons. The van der Waals surface area contributed by atoms with E-state index in [1.165, 1.54) is 23.0 Å². The molecule has 0 aliphatic carbocycles. The zero-order chi connectivity index (χ0) is 18.5. The first-order valence-corrected chi connectivity index (χ1v) is 7.69. The lowest BCUT2D eigenvalue weighted by Gasteiger charge is -2.07. The number of hydrogen-bond acceptors (Lipinski definition) is 4. The van der Waals surface area contributed by atoms with Gasteiger partial charge in [0.05, 0.1) is 11.9 Å². The predicted octanol–water partition coefficient (Wildman–Crippen LogP) is 3.11. The fraction of sp³-hybridized carbons (Fsp3) is 0.111. The molecule has 2 aromatic carbocycles. The molecule has 1 amide bonds. The van der Waals surface area contributed by atoms with Crippen molar-refractivity contribution >= 4 is 5.91 Å². The van der Waals surface area contributed by atoms with E-state index in [1.54, 1.807) is 24.3 Å². The largest absolute Gasteiger partial charge is 0.504 e. The molecule has 0 saturated heterocycles. The number of benzene rings is 2. The van der Waals surface area contributed by atoms with E-state index < -0.39 is 12.5 Å². The second-order valence-electron chi connectivity index (χ2n) is 5.35. The molecule has 2 N–H and O–H groups in total. The van der Waals surface area contributed by atoms with Crippen molar-refractivity contribution in [3.05, 3.63) is 72.1 Å². The van der Waals surface area contributed by atoms with Gasteiger partial charge in [0.2, 0.25) is 0 Å². The molecular formula is C18H15F2N3O3. The number of alkyl halides is 2. The van der Waals surface area contributed by atoms with Crippen LogP contribution in [0.2, 0.25) is 0 Å². The lowest BCUT2D eigenvalue weighted by atomic mass is 10.2. The molecule has 0 atom stereocenters. The minimum absolute atomic E-state index is 0.0364. The first-order chi connectivity index (χ1) is 12.5. The summed E-state index contributed by atoms with van der Waals surface area (Å²) < 4.78 is 29.9. The molecule has 0 spiro atoms. The maximum atomic E-state index is 12.2. The molecule has 3 rings (SSSR count). The topological polar surface area (TPSA) is 76.4 Å². The van der Waals surface area contributed by atoms with E-state index in [4.69, 9.17) is 0 Å². The summed E-state index contributed by atoms with van der Waals surface area (Å²) >= 11 is 0. The van der Waals surface area contributed by atoms with E-state index in [0.29, 0.717) is 11.3 Å². The molecule has 0 saturated carbocycles. The maximum absolute atomic E-state index is 12.2. The molecule has 26 heavy (non-hydrogen) atoms. The quantitative estimate of drug-likeness (QED) is 0.709. The van der Waals surface area contributed by atoms with Gasteiger partial charge >= 0.3 is 6.61 Å². The van der Waals surface area contributed by atoms with Crippen LogP contribution in [0.5, 0.6) is 11.5 Å². The van der Waals surface area contributed by atoms with Gasteiger partial charge in [-0.05, 0) is 29.8 Å². The molecule has 0 aliphatic rings. The third kappa shape index (κ3) is 4.15. The second kappa shape index (κ2) is 7.64. The van der Waals surface area contributed by atoms with Crippen LogP contribution in [0, 0.1) is 0 Å². The van der Waals surface area contributed by atoms with Gasteiger partial charge in [-0.1, -0.05) is 30.3 Å². The summed E-state index contributed by atoms with van der Waals surface area (Å²) in [6.07, 6.45) is 1.35. The fourth-order valence-electron chi connectivity index (χ4n) is 2.29. The van der Waals surface area contributed by atoms with E-state index in [2.05, 4.69) is 15.2 Å². The summed E-state index contributed by atoms with van der Waals surface area (Å²) in [7, 11) is 0. The Morgan fingerprint density at radius 1 is 1.15 bits per heavy atom. The minimum atomic E-state index is -2.89. The molecule has 0 aliphatic heterocycles. The molecule has 0 unspecified atom stereocenters. The molecule has 0 radical (unpaired) electrons. The van der Waals surface area contributed by atoms with E-state index in [9.17, 15) is 18.7 Å². The molecule has 8 heteroatoms. The second-order valence-corrected chi connectivity index (χ2v) is 5.35. The normalized spacial score (nSPS) is 10.7. The van der Waals surface area contributed by atoms with Crippen LogP contribution in [0.4, 0.5) is 8.78 Å². The van der Waals surface area contributed by atoms with Gasteiger partial charge in [0.1, 0.15) is 5.75 Å². The van der Waals surface area contributed by atoms with Crippen molar-refractivity contribution in [3.8, 4) is 17.2 Å². The van der Waals surface area contributed by atoms with Gasteiger partial charge in [-0.2, -0.15) is 13.9 Å². The van der Waals surface area contributed by atoms with Crippen LogP contribution in [-0.2, 0) is 6.54 Å². The standard InChI is InChI=1S/C18H15F2N3O3/c19-18(20)26-14-8-6-12(7-9-14)10-21-17(25)16-15(24)11-23(22-16)13-4-2-1-3-5-13/h1-9,11,18,24H,10H2,(H,21,25). The number of amides is 1. The van der Waals surface area contributed by atoms with Crippen LogP contribution in [0.25, 0.3) is 5.69 Å². The first-order valence-electron chi connectivity index (χ1n) is 7.69. The number of ether oxygens (including phenoxy) is 1. The summed E-state index contributed by atoms with van der Waals surface area (Å²) in [6.45, 7) is -2.74. The third-order valence-electron chi connectivity index (χ3n) is 3.53. The van der Waals surface area contributed by atoms with Crippen molar-refractivity contribution in [1.82, 2.24) is 15.1 Å². The summed E-state index contributed by atoms with van der Waals surface area (Å²) in [5.41, 5.74) is 1.28. The van der Waals surface area contributed by atoms with E-state index in [-0.39, 0.29) is 23.7 Å². The molecule has 0 bridgehead atoms. The zero-order valence-electron chi connectivity index (χ0n) is 13.5. The number of aromatic hydroxyl groups is 1. The smallest absolute Gasteiger partial charge is 0.387 e. The average molecular weight is 359 g/mol. The Bertz CT molecular complexity index is 880. The average Bonchev–Trinajstić information content (AvgIpc) is 3.03. The Labute approximate surface area is 147 Å². The van der Waals surface area contributed by atoms with Crippen LogP contribution in [0.1, 0.15) is 16.1 Å². The first kappa shape index (κ1) is 17.4. The lowest BCUT2D eigenvalue weighted by molar-refractivity contribution is -0.0498. The number of aromatic nitrogens is 2. The van der Waals surface area contributed by atoms with Crippen molar-refractivity contribution in [2.45, 2.75) is 13.2 Å². The number of carbonyl (C=O) groups excluding carboxylic acids is 1. The monoisotopic (exact) mass is 359 g/mol. The highest BCUT2D eigenvalue weighted by Crippen LogP contribution is 2.18. The van der Waals surface area contributed by atoms with Crippen molar-refractivity contribution in [1.29, 1.82) is 0 Å². The lowest BCUT2D eigenvalue weighted by Crippen LogP contribution is -2.23. The summed E-state index contributed by atoms with van der Waals surface area (Å²) in [4.78, 5) is 12.2. The van der Waals surface area contributed by atoms with Gasteiger partial charge in [-0.15, -0.1) is 0 Å². The molecule has 1 heterocycles. The van der Waals surface area contributed by atoms with Crippen LogP contribution in [0.3, 0.4) is 0 Å². The minimum Gasteiger partial charge on any atom is -0.504 e. The van der Waals surface area contributed by atoms with Crippen LogP contribution in [0.15, 0.2) is 60.8 Å². The van der Waals surface area contributed by atoms with Crippen LogP contribution >= 0.6 is 0 Å². The number of rotatable bonds is 6. The van der Waals surface area contributed by atoms with Gasteiger partial charge in [0.25, 0.3) is 5.91 Å². The van der Waals surface area contributed by atoms with Crippen molar-refractivity contribution in [3.63, 3.8) is 0 Å². The molecular weight excluding hydrogens is 344 g/mol. The number of para-hydroxylation sites is 1. The van der Waals surface area contributed by atoms with Crippen LogP contribution < -0.4 is 10.1 Å². The molecule has 6 nitrogen and oxygen atoms in total.